The van der Waals surface area contributed by atoms with E-state index in [1.165, 1.54) is 0 Å². The highest BCUT2D eigenvalue weighted by atomic mass is 35.5. The van der Waals surface area contributed by atoms with Gasteiger partial charge < -0.3 is 20.5 Å². The van der Waals surface area contributed by atoms with Crippen molar-refractivity contribution < 1.29 is 14.3 Å². The minimum absolute atomic E-state index is 0. The van der Waals surface area contributed by atoms with E-state index in [-0.39, 0.29) is 23.7 Å². The quantitative estimate of drug-likeness (QED) is 0.876. The van der Waals surface area contributed by atoms with Crippen LogP contribution < -0.4 is 20.5 Å². The van der Waals surface area contributed by atoms with Crippen LogP contribution in [0.1, 0.15) is 27.7 Å². The van der Waals surface area contributed by atoms with E-state index in [0.29, 0.717) is 23.8 Å². The normalized spacial score (nSPS) is 12.1. The maximum absolute atomic E-state index is 12.1. The summed E-state index contributed by atoms with van der Waals surface area (Å²) in [6, 6.07) is 4.67. The molecule has 1 aromatic carbocycles. The number of amides is 1. The predicted molar refractivity (Wildman–Crippen MR) is 87.5 cm³/mol. The maximum Gasteiger partial charge on any atom is 0.241 e. The van der Waals surface area contributed by atoms with Gasteiger partial charge in [-0.15, -0.1) is 12.4 Å². The molecule has 5 nitrogen and oxygen atoms in total. The lowest BCUT2D eigenvalue weighted by molar-refractivity contribution is -0.119. The second-order valence-electron chi connectivity index (χ2n) is 5.63. The molecule has 0 aromatic heterocycles. The molecule has 0 saturated heterocycles. The number of halogens is 1. The second kappa shape index (κ2) is 8.10. The molecule has 0 radical (unpaired) electrons. The number of methoxy groups -OCH3 is 1. The maximum atomic E-state index is 12.1. The van der Waals surface area contributed by atoms with Gasteiger partial charge in [-0.2, -0.15) is 0 Å². The molecular weight excluding hydrogens is 292 g/mol. The average Bonchev–Trinajstić information content (AvgIpc) is 2.38. The van der Waals surface area contributed by atoms with E-state index >= 15 is 0 Å². The first kappa shape index (κ1) is 19.5. The molecule has 0 saturated carbocycles. The van der Waals surface area contributed by atoms with Crippen LogP contribution in [-0.2, 0) is 4.79 Å². The number of carbonyl (C=O) groups is 1. The molecule has 120 valence electrons. The number of rotatable bonds is 5. The van der Waals surface area contributed by atoms with Crippen molar-refractivity contribution in [3.05, 3.63) is 18.2 Å². The zero-order valence-electron chi connectivity index (χ0n) is 13.2. The van der Waals surface area contributed by atoms with E-state index < -0.39 is 6.04 Å². The van der Waals surface area contributed by atoms with Crippen molar-refractivity contribution in [1.82, 2.24) is 0 Å². The van der Waals surface area contributed by atoms with Crippen molar-refractivity contribution in [1.29, 1.82) is 0 Å². The number of hydrogen-bond donors (Lipinski definition) is 2. The summed E-state index contributed by atoms with van der Waals surface area (Å²) in [5.41, 5.74) is 6.26. The van der Waals surface area contributed by atoms with Crippen LogP contribution in [-0.4, -0.2) is 25.7 Å². The SMILES string of the molecule is CCOc1ccc(NC(=O)[C@@H](N)C(C)(C)C)cc1OC.Cl. The highest BCUT2D eigenvalue weighted by Gasteiger charge is 2.27. The van der Waals surface area contributed by atoms with E-state index in [1.807, 2.05) is 27.7 Å². The molecule has 6 heteroatoms. The van der Waals surface area contributed by atoms with E-state index in [4.69, 9.17) is 15.2 Å². The summed E-state index contributed by atoms with van der Waals surface area (Å²) in [4.78, 5) is 12.1. The topological polar surface area (TPSA) is 73.6 Å². The lowest BCUT2D eigenvalue weighted by atomic mass is 9.87. The van der Waals surface area contributed by atoms with E-state index in [9.17, 15) is 4.79 Å². The molecular formula is C15H25ClN2O3. The van der Waals surface area contributed by atoms with Crippen molar-refractivity contribution in [2.75, 3.05) is 19.0 Å². The molecule has 1 aromatic rings. The summed E-state index contributed by atoms with van der Waals surface area (Å²) in [5.74, 6) is 1.01. The Bertz CT molecular complexity index is 472. The lowest BCUT2D eigenvalue weighted by Crippen LogP contribution is -2.45. The number of nitrogens with two attached hydrogens (primary N) is 1. The lowest BCUT2D eigenvalue weighted by Gasteiger charge is -2.25. The Morgan fingerprint density at radius 3 is 2.43 bits per heavy atom. The molecule has 0 aliphatic carbocycles. The minimum Gasteiger partial charge on any atom is -0.493 e. The second-order valence-corrected chi connectivity index (χ2v) is 5.63. The molecule has 0 aliphatic rings. The first-order valence-corrected chi connectivity index (χ1v) is 6.67. The van der Waals surface area contributed by atoms with Crippen molar-refractivity contribution in [2.24, 2.45) is 11.1 Å². The fraction of sp³-hybridized carbons (Fsp3) is 0.533. The van der Waals surface area contributed by atoms with Crippen LogP contribution >= 0.6 is 12.4 Å². The Labute approximate surface area is 132 Å². The van der Waals surface area contributed by atoms with Gasteiger partial charge in [0.25, 0.3) is 0 Å². The largest absolute Gasteiger partial charge is 0.493 e. The summed E-state index contributed by atoms with van der Waals surface area (Å²) in [5, 5.41) is 2.79. The Hall–Kier alpha value is -1.46. The number of anilines is 1. The van der Waals surface area contributed by atoms with Gasteiger partial charge in [-0.25, -0.2) is 0 Å². The van der Waals surface area contributed by atoms with Crippen molar-refractivity contribution in [2.45, 2.75) is 33.7 Å². The van der Waals surface area contributed by atoms with Gasteiger partial charge in [0.2, 0.25) is 5.91 Å². The van der Waals surface area contributed by atoms with Crippen LogP contribution in [0.3, 0.4) is 0 Å². The molecule has 1 atom stereocenters. The van der Waals surface area contributed by atoms with Crippen LogP contribution in [0.25, 0.3) is 0 Å². The predicted octanol–water partition coefficient (Wildman–Crippen LogP) is 2.83. The third-order valence-electron chi connectivity index (χ3n) is 2.95. The molecule has 3 N–H and O–H groups in total. The smallest absolute Gasteiger partial charge is 0.241 e. The first-order valence-electron chi connectivity index (χ1n) is 6.67. The van der Waals surface area contributed by atoms with E-state index in [1.54, 1.807) is 25.3 Å². The fourth-order valence-corrected chi connectivity index (χ4v) is 1.63. The minimum atomic E-state index is -0.583. The van der Waals surface area contributed by atoms with Crippen LogP contribution in [0.4, 0.5) is 5.69 Å². The molecule has 0 unspecified atom stereocenters. The molecule has 21 heavy (non-hydrogen) atoms. The zero-order chi connectivity index (χ0) is 15.3. The Balaban J connectivity index is 0.00000400. The van der Waals surface area contributed by atoms with Crippen molar-refractivity contribution in [3.63, 3.8) is 0 Å². The summed E-state index contributed by atoms with van der Waals surface area (Å²) >= 11 is 0. The Morgan fingerprint density at radius 2 is 1.95 bits per heavy atom. The Morgan fingerprint density at radius 1 is 1.33 bits per heavy atom. The third kappa shape index (κ3) is 5.44. The third-order valence-corrected chi connectivity index (χ3v) is 2.95. The molecule has 0 bridgehead atoms. The number of hydrogen-bond acceptors (Lipinski definition) is 4. The number of nitrogens with one attached hydrogen (secondary N) is 1. The van der Waals surface area contributed by atoms with Crippen LogP contribution in [0.5, 0.6) is 11.5 Å². The molecule has 0 aliphatic heterocycles. The van der Waals surface area contributed by atoms with Gasteiger partial charge in [0.15, 0.2) is 11.5 Å². The van der Waals surface area contributed by atoms with E-state index in [0.717, 1.165) is 0 Å². The number of ether oxygens (including phenoxy) is 2. The van der Waals surface area contributed by atoms with Gasteiger partial charge in [-0.3, -0.25) is 4.79 Å². The van der Waals surface area contributed by atoms with Gasteiger partial charge in [0, 0.05) is 11.8 Å². The van der Waals surface area contributed by atoms with Crippen LogP contribution in [0.2, 0.25) is 0 Å². The number of benzene rings is 1. The van der Waals surface area contributed by atoms with Crippen LogP contribution in [0.15, 0.2) is 18.2 Å². The van der Waals surface area contributed by atoms with Gasteiger partial charge in [-0.1, -0.05) is 20.8 Å². The highest BCUT2D eigenvalue weighted by molar-refractivity contribution is 5.95. The summed E-state index contributed by atoms with van der Waals surface area (Å²) < 4.78 is 10.7. The standard InChI is InChI=1S/C15H24N2O3.ClH/c1-6-20-11-8-7-10(9-12(11)19-5)17-14(18)13(16)15(2,3)4;/h7-9,13H,6,16H2,1-5H3,(H,17,18);1H/t13-;/m1./s1. The fourth-order valence-electron chi connectivity index (χ4n) is 1.63. The molecule has 1 amide bonds. The molecule has 0 fully saturated rings. The Kier molecular flexibility index (Phi) is 7.53. The van der Waals surface area contributed by atoms with Crippen LogP contribution in [0, 0.1) is 5.41 Å². The number of carbonyl (C=O) groups excluding carboxylic acids is 1. The van der Waals surface area contributed by atoms with Crippen molar-refractivity contribution >= 4 is 24.0 Å². The molecule has 1 rings (SSSR count). The summed E-state index contributed by atoms with van der Waals surface area (Å²) in [7, 11) is 1.56. The first-order chi connectivity index (χ1) is 9.29. The van der Waals surface area contributed by atoms with Gasteiger partial charge in [-0.05, 0) is 24.5 Å². The summed E-state index contributed by atoms with van der Waals surface area (Å²) in [6.07, 6.45) is 0. The van der Waals surface area contributed by atoms with E-state index in [2.05, 4.69) is 5.32 Å². The molecule has 0 spiro atoms. The van der Waals surface area contributed by atoms with Gasteiger partial charge in [0.05, 0.1) is 19.8 Å². The highest BCUT2D eigenvalue weighted by Crippen LogP contribution is 2.30. The van der Waals surface area contributed by atoms with Gasteiger partial charge in [0.1, 0.15) is 0 Å². The monoisotopic (exact) mass is 316 g/mol. The average molecular weight is 317 g/mol. The van der Waals surface area contributed by atoms with Gasteiger partial charge >= 0.3 is 0 Å². The van der Waals surface area contributed by atoms with Crippen molar-refractivity contribution in [3.8, 4) is 11.5 Å². The summed E-state index contributed by atoms with van der Waals surface area (Å²) in [6.45, 7) is 8.23. The zero-order valence-corrected chi connectivity index (χ0v) is 14.0. The molecule has 0 heterocycles.